The van der Waals surface area contributed by atoms with Crippen molar-refractivity contribution in [1.29, 1.82) is 0 Å². The summed E-state index contributed by atoms with van der Waals surface area (Å²) < 4.78 is 12.9. The average Bonchev–Trinajstić information content (AvgIpc) is 2.57. The number of rotatable bonds is 2. The highest BCUT2D eigenvalue weighted by molar-refractivity contribution is 7.82. The Labute approximate surface area is 89.7 Å². The fraction of sp³-hybridized carbons (Fsp3) is 0.100. The normalized spacial score (nSPS) is 19.6. The molecule has 0 fully saturated rings. The van der Waals surface area contributed by atoms with Crippen LogP contribution in [0.15, 0.2) is 41.8 Å². The molecule has 5 heteroatoms. The summed E-state index contributed by atoms with van der Waals surface area (Å²) in [6.07, 6.45) is 1.04. The number of hydrogen-bond donors (Lipinski definition) is 0. The van der Waals surface area contributed by atoms with Crippen molar-refractivity contribution in [1.82, 2.24) is 4.47 Å². The Hall–Kier alpha value is -1.46. The van der Waals surface area contributed by atoms with Gasteiger partial charge in [-0.3, -0.25) is 0 Å². The van der Waals surface area contributed by atoms with Crippen molar-refractivity contribution in [3.05, 3.63) is 42.5 Å². The van der Waals surface area contributed by atoms with Gasteiger partial charge in [-0.1, -0.05) is 24.8 Å². The van der Waals surface area contributed by atoms with Gasteiger partial charge < -0.3 is 4.84 Å². The first-order valence-electron chi connectivity index (χ1n) is 4.34. The Balaban J connectivity index is 2.20. The van der Waals surface area contributed by atoms with Crippen molar-refractivity contribution in [3.8, 4) is 0 Å². The van der Waals surface area contributed by atoms with Gasteiger partial charge in [-0.15, -0.1) is 0 Å². The molecule has 0 saturated carbocycles. The minimum Gasteiger partial charge on any atom is -0.350 e. The van der Waals surface area contributed by atoms with E-state index in [0.717, 1.165) is 16.1 Å². The van der Waals surface area contributed by atoms with Gasteiger partial charge in [0.25, 0.3) is 0 Å². The van der Waals surface area contributed by atoms with Crippen LogP contribution in [0.3, 0.4) is 0 Å². The zero-order valence-corrected chi connectivity index (χ0v) is 8.70. The van der Waals surface area contributed by atoms with Crippen LogP contribution in [-0.2, 0) is 27.2 Å². The molecule has 1 aliphatic heterocycles. The van der Waals surface area contributed by atoms with E-state index in [1.165, 1.54) is 0 Å². The van der Waals surface area contributed by atoms with E-state index in [4.69, 9.17) is 4.84 Å². The van der Waals surface area contributed by atoms with Crippen molar-refractivity contribution >= 4 is 17.0 Å². The summed E-state index contributed by atoms with van der Waals surface area (Å²) in [7, 11) is -1.42. The number of carbonyl (C=O) groups excluding carboxylic acids is 1. The largest absolute Gasteiger partial charge is 0.350 e. The monoisotopic (exact) mass is 223 g/mol. The minimum absolute atomic E-state index is 0.350. The van der Waals surface area contributed by atoms with Crippen LogP contribution in [0.4, 0.5) is 0 Å². The van der Waals surface area contributed by atoms with Gasteiger partial charge in [-0.05, 0) is 16.1 Å². The van der Waals surface area contributed by atoms with Crippen LogP contribution in [0.25, 0.3) is 0 Å². The number of hydrogen-bond acceptors (Lipinski definition) is 3. The summed E-state index contributed by atoms with van der Waals surface area (Å²) in [5.41, 5.74) is 0.910. The van der Waals surface area contributed by atoms with Crippen molar-refractivity contribution < 1.29 is 13.8 Å². The van der Waals surface area contributed by atoms with Gasteiger partial charge in [0.2, 0.25) is 0 Å². The Morgan fingerprint density at radius 2 is 2.27 bits per heavy atom. The van der Waals surface area contributed by atoms with Crippen LogP contribution < -0.4 is 0 Å². The summed E-state index contributed by atoms with van der Waals surface area (Å²) in [5.74, 6) is -0.601. The number of hydroxylamine groups is 1. The molecule has 0 bridgehead atoms. The van der Waals surface area contributed by atoms with Crippen molar-refractivity contribution in [3.63, 3.8) is 0 Å². The highest BCUT2D eigenvalue weighted by Crippen LogP contribution is 2.26. The van der Waals surface area contributed by atoms with E-state index in [0.29, 0.717) is 11.4 Å². The lowest BCUT2D eigenvalue weighted by Gasteiger charge is -2.10. The molecule has 1 aromatic carbocycles. The number of fused-ring (bicyclic) bond motifs is 1. The maximum Gasteiger partial charge on any atom is 0.350 e. The topological polar surface area (TPSA) is 46.6 Å². The molecule has 1 aliphatic rings. The maximum absolute atomic E-state index is 11.8. The second-order valence-electron chi connectivity index (χ2n) is 2.96. The lowest BCUT2D eigenvalue weighted by Crippen LogP contribution is -2.22. The van der Waals surface area contributed by atoms with Crippen LogP contribution >= 0.6 is 0 Å². The SMILES string of the molecule is C=CC(=O)ON1Cc2ccccc2S1=O. The van der Waals surface area contributed by atoms with Gasteiger partial charge in [0, 0.05) is 6.08 Å². The molecule has 0 N–H and O–H groups in total. The van der Waals surface area contributed by atoms with Crippen LogP contribution in [0.5, 0.6) is 0 Å². The second kappa shape index (κ2) is 3.96. The van der Waals surface area contributed by atoms with E-state index < -0.39 is 17.0 Å². The molecule has 0 amide bonds. The van der Waals surface area contributed by atoms with E-state index in [1.807, 2.05) is 12.1 Å². The van der Waals surface area contributed by atoms with Crippen molar-refractivity contribution in [2.45, 2.75) is 11.4 Å². The Morgan fingerprint density at radius 1 is 1.53 bits per heavy atom. The Morgan fingerprint density at radius 3 is 2.93 bits per heavy atom. The number of carbonyl (C=O) groups is 1. The summed E-state index contributed by atoms with van der Waals surface area (Å²) in [5, 5.41) is 0. The predicted molar refractivity (Wildman–Crippen MR) is 54.7 cm³/mol. The third-order valence-electron chi connectivity index (χ3n) is 2.00. The molecule has 0 aliphatic carbocycles. The molecule has 1 heterocycles. The standard InChI is InChI=1S/C10H9NO3S/c1-2-10(12)14-11-7-8-5-3-4-6-9(8)15(11)13/h2-6H,1,7H2. The highest BCUT2D eigenvalue weighted by atomic mass is 32.2. The van der Waals surface area contributed by atoms with E-state index in [1.54, 1.807) is 12.1 Å². The van der Waals surface area contributed by atoms with Crippen LogP contribution in [0, 0.1) is 0 Å². The summed E-state index contributed by atoms with van der Waals surface area (Å²) in [6, 6.07) is 7.27. The zero-order chi connectivity index (χ0) is 10.8. The van der Waals surface area contributed by atoms with E-state index in [2.05, 4.69) is 6.58 Å². The van der Waals surface area contributed by atoms with Crippen molar-refractivity contribution in [2.75, 3.05) is 0 Å². The molecule has 0 aromatic heterocycles. The molecule has 4 nitrogen and oxygen atoms in total. The van der Waals surface area contributed by atoms with Crippen LogP contribution in [0.1, 0.15) is 5.56 Å². The first-order chi connectivity index (χ1) is 7.22. The molecule has 0 saturated heterocycles. The molecule has 0 spiro atoms. The molecule has 15 heavy (non-hydrogen) atoms. The maximum atomic E-state index is 11.8. The number of nitrogens with zero attached hydrogens (tertiary/aromatic N) is 1. The first-order valence-corrected chi connectivity index (χ1v) is 5.44. The average molecular weight is 223 g/mol. The zero-order valence-electron chi connectivity index (χ0n) is 7.88. The number of benzene rings is 1. The van der Waals surface area contributed by atoms with E-state index in [9.17, 15) is 9.00 Å². The van der Waals surface area contributed by atoms with Crippen LogP contribution in [0.2, 0.25) is 0 Å². The van der Waals surface area contributed by atoms with Gasteiger partial charge >= 0.3 is 5.97 Å². The predicted octanol–water partition coefficient (Wildman–Crippen LogP) is 1.17. The fourth-order valence-corrected chi connectivity index (χ4v) is 2.48. The first kappa shape index (κ1) is 10.1. The quantitative estimate of drug-likeness (QED) is 0.707. The molecule has 1 aromatic rings. The molecule has 1 unspecified atom stereocenters. The van der Waals surface area contributed by atoms with Crippen LogP contribution in [-0.4, -0.2) is 14.6 Å². The van der Waals surface area contributed by atoms with Gasteiger partial charge in [0.05, 0.1) is 11.4 Å². The Kier molecular flexibility index (Phi) is 2.66. The molecule has 1 atom stereocenters. The van der Waals surface area contributed by atoms with Gasteiger partial charge in [0.15, 0.2) is 11.0 Å². The molecule has 2 rings (SSSR count). The van der Waals surface area contributed by atoms with Crippen molar-refractivity contribution in [2.24, 2.45) is 0 Å². The fourth-order valence-electron chi connectivity index (χ4n) is 1.32. The summed E-state index contributed by atoms with van der Waals surface area (Å²) in [6.45, 7) is 3.63. The third-order valence-corrected chi connectivity index (χ3v) is 3.35. The second-order valence-corrected chi connectivity index (χ2v) is 4.31. The molecule has 0 radical (unpaired) electrons. The lowest BCUT2D eigenvalue weighted by molar-refractivity contribution is -0.162. The van der Waals surface area contributed by atoms with Gasteiger partial charge in [-0.25, -0.2) is 9.00 Å². The molecule has 78 valence electrons. The summed E-state index contributed by atoms with van der Waals surface area (Å²) in [4.78, 5) is 16.5. The van der Waals surface area contributed by atoms with Gasteiger partial charge in [-0.2, -0.15) is 0 Å². The third kappa shape index (κ3) is 1.84. The lowest BCUT2D eigenvalue weighted by atomic mass is 10.2. The minimum atomic E-state index is -1.42. The van der Waals surface area contributed by atoms with E-state index >= 15 is 0 Å². The smallest absolute Gasteiger partial charge is 0.350 e. The highest BCUT2D eigenvalue weighted by Gasteiger charge is 2.29. The molecular weight excluding hydrogens is 214 g/mol. The van der Waals surface area contributed by atoms with Gasteiger partial charge in [0.1, 0.15) is 0 Å². The Bertz CT molecular complexity index is 444. The summed E-state index contributed by atoms with van der Waals surface area (Å²) >= 11 is 0. The van der Waals surface area contributed by atoms with E-state index in [-0.39, 0.29) is 0 Å². The molecular formula is C10H9NO3S.